The second kappa shape index (κ2) is 12.9. The standard InChI is InChI=1S/C23H36O9/c1-5-8-19(30-14(2)25)17(23(27)28-4)11-16-18(13-24)21(12-20(16)31-15(3)26)32-22-9-6-7-10-29-22/h13,16-22H,5-12H2,1-4H3. The van der Waals surface area contributed by atoms with E-state index in [4.69, 9.17) is 23.7 Å². The van der Waals surface area contributed by atoms with Crippen LogP contribution in [0.25, 0.3) is 0 Å². The minimum atomic E-state index is -0.793. The molecule has 9 heteroatoms. The Morgan fingerprint density at radius 1 is 1.12 bits per heavy atom. The number of hydrogen-bond acceptors (Lipinski definition) is 9. The van der Waals surface area contributed by atoms with Crippen LogP contribution in [0.2, 0.25) is 0 Å². The van der Waals surface area contributed by atoms with Crippen molar-refractivity contribution >= 4 is 24.2 Å². The maximum Gasteiger partial charge on any atom is 0.312 e. The molecule has 1 saturated carbocycles. The van der Waals surface area contributed by atoms with Crippen molar-refractivity contribution in [1.29, 1.82) is 0 Å². The molecule has 0 bridgehead atoms. The molecule has 7 atom stereocenters. The van der Waals surface area contributed by atoms with Gasteiger partial charge in [0.25, 0.3) is 0 Å². The number of esters is 3. The summed E-state index contributed by atoms with van der Waals surface area (Å²) in [6.45, 7) is 5.12. The van der Waals surface area contributed by atoms with Crippen LogP contribution in [0, 0.1) is 17.8 Å². The second-order valence-electron chi connectivity index (χ2n) is 8.53. The normalized spacial score (nSPS) is 29.6. The second-order valence-corrected chi connectivity index (χ2v) is 8.53. The lowest BCUT2D eigenvalue weighted by molar-refractivity contribution is -0.195. The van der Waals surface area contributed by atoms with E-state index in [0.717, 1.165) is 25.5 Å². The lowest BCUT2D eigenvalue weighted by Gasteiger charge is -2.31. The molecule has 2 aliphatic rings. The van der Waals surface area contributed by atoms with E-state index in [2.05, 4.69) is 0 Å². The summed E-state index contributed by atoms with van der Waals surface area (Å²) in [5.41, 5.74) is 0. The average Bonchev–Trinajstić information content (AvgIpc) is 3.06. The number of rotatable bonds is 11. The van der Waals surface area contributed by atoms with E-state index >= 15 is 0 Å². The Hall–Kier alpha value is -2.00. The molecule has 32 heavy (non-hydrogen) atoms. The molecule has 0 N–H and O–H groups in total. The molecule has 0 aromatic carbocycles. The number of carbonyl (C=O) groups excluding carboxylic acids is 4. The number of ether oxygens (including phenoxy) is 5. The molecule has 0 aromatic heterocycles. The van der Waals surface area contributed by atoms with Gasteiger partial charge in [-0.25, -0.2) is 0 Å². The van der Waals surface area contributed by atoms with Gasteiger partial charge in [-0.1, -0.05) is 13.3 Å². The molecule has 2 fully saturated rings. The number of aldehydes is 1. The molecule has 1 aliphatic heterocycles. The van der Waals surface area contributed by atoms with Gasteiger partial charge in [0, 0.05) is 38.7 Å². The maximum atomic E-state index is 12.7. The summed E-state index contributed by atoms with van der Waals surface area (Å²) in [6.07, 6.45) is 2.92. The Bertz CT molecular complexity index is 643. The van der Waals surface area contributed by atoms with Crippen LogP contribution in [-0.2, 0) is 42.9 Å². The van der Waals surface area contributed by atoms with Gasteiger partial charge in [0.1, 0.15) is 18.5 Å². The Kier molecular flexibility index (Phi) is 10.6. The van der Waals surface area contributed by atoms with Gasteiger partial charge < -0.3 is 28.5 Å². The van der Waals surface area contributed by atoms with Gasteiger partial charge >= 0.3 is 17.9 Å². The SMILES string of the molecule is CCCC(OC(C)=O)C(CC1C(OC(C)=O)CC(OC2CCCCO2)C1C=O)C(=O)OC. The third-order valence-corrected chi connectivity index (χ3v) is 6.17. The van der Waals surface area contributed by atoms with E-state index in [9.17, 15) is 19.2 Å². The fourth-order valence-corrected chi connectivity index (χ4v) is 4.77. The van der Waals surface area contributed by atoms with E-state index in [1.54, 1.807) is 0 Å². The van der Waals surface area contributed by atoms with Crippen LogP contribution in [0.1, 0.15) is 65.7 Å². The van der Waals surface area contributed by atoms with Crippen LogP contribution < -0.4 is 0 Å². The summed E-state index contributed by atoms with van der Waals surface area (Å²) < 4.78 is 27.7. The van der Waals surface area contributed by atoms with E-state index in [1.807, 2.05) is 6.92 Å². The molecule has 182 valence electrons. The summed E-state index contributed by atoms with van der Waals surface area (Å²) in [7, 11) is 1.27. The third-order valence-electron chi connectivity index (χ3n) is 6.17. The van der Waals surface area contributed by atoms with Gasteiger partial charge in [0.2, 0.25) is 0 Å². The molecule has 0 aromatic rings. The lowest BCUT2D eigenvalue weighted by Crippen LogP contribution is -2.38. The zero-order chi connectivity index (χ0) is 23.7. The molecule has 0 spiro atoms. The van der Waals surface area contributed by atoms with Crippen LogP contribution >= 0.6 is 0 Å². The highest BCUT2D eigenvalue weighted by molar-refractivity contribution is 5.74. The van der Waals surface area contributed by atoms with Gasteiger partial charge in [-0.3, -0.25) is 14.4 Å². The molecular formula is C23H36O9. The van der Waals surface area contributed by atoms with E-state index < -0.39 is 60.3 Å². The fourth-order valence-electron chi connectivity index (χ4n) is 4.77. The van der Waals surface area contributed by atoms with Crippen molar-refractivity contribution in [1.82, 2.24) is 0 Å². The maximum absolute atomic E-state index is 12.7. The molecule has 1 saturated heterocycles. The highest BCUT2D eigenvalue weighted by Gasteiger charge is 2.49. The molecule has 7 unspecified atom stereocenters. The van der Waals surface area contributed by atoms with E-state index in [-0.39, 0.29) is 6.42 Å². The molecule has 0 radical (unpaired) electrons. The summed E-state index contributed by atoms with van der Waals surface area (Å²) in [5, 5.41) is 0. The van der Waals surface area contributed by atoms with Gasteiger partial charge in [-0.05, 0) is 32.1 Å². The number of hydrogen-bond donors (Lipinski definition) is 0. The predicted molar refractivity (Wildman–Crippen MR) is 112 cm³/mol. The van der Waals surface area contributed by atoms with Gasteiger partial charge in [0.15, 0.2) is 6.29 Å². The Labute approximate surface area is 189 Å². The van der Waals surface area contributed by atoms with Crippen molar-refractivity contribution in [2.24, 2.45) is 17.8 Å². The molecule has 1 heterocycles. The first kappa shape index (κ1) is 26.3. The quantitative estimate of drug-likeness (QED) is 0.263. The van der Waals surface area contributed by atoms with Crippen LogP contribution in [0.3, 0.4) is 0 Å². The highest BCUT2D eigenvalue weighted by atomic mass is 16.7. The first-order valence-electron chi connectivity index (χ1n) is 11.4. The Morgan fingerprint density at radius 2 is 1.88 bits per heavy atom. The monoisotopic (exact) mass is 456 g/mol. The first-order valence-corrected chi connectivity index (χ1v) is 11.4. The minimum Gasteiger partial charge on any atom is -0.469 e. The van der Waals surface area contributed by atoms with Crippen LogP contribution in [0.4, 0.5) is 0 Å². The van der Waals surface area contributed by atoms with Crippen LogP contribution in [0.15, 0.2) is 0 Å². The zero-order valence-electron chi connectivity index (χ0n) is 19.4. The Morgan fingerprint density at radius 3 is 2.41 bits per heavy atom. The van der Waals surface area contributed by atoms with E-state index in [0.29, 0.717) is 25.9 Å². The number of carbonyl (C=O) groups is 4. The van der Waals surface area contributed by atoms with Crippen molar-refractivity contribution in [3.05, 3.63) is 0 Å². The summed E-state index contributed by atoms with van der Waals surface area (Å²) in [6, 6.07) is 0. The third kappa shape index (κ3) is 7.27. The van der Waals surface area contributed by atoms with Gasteiger partial charge in [0.05, 0.1) is 19.1 Å². The summed E-state index contributed by atoms with van der Waals surface area (Å²) >= 11 is 0. The van der Waals surface area contributed by atoms with Crippen molar-refractivity contribution < 1.29 is 42.9 Å². The minimum absolute atomic E-state index is 0.164. The summed E-state index contributed by atoms with van der Waals surface area (Å²) in [5.74, 6) is -3.38. The highest BCUT2D eigenvalue weighted by Crippen LogP contribution is 2.41. The molecule has 1 aliphatic carbocycles. The zero-order valence-corrected chi connectivity index (χ0v) is 19.4. The predicted octanol–water partition coefficient (Wildman–Crippen LogP) is 2.58. The molecule has 2 rings (SSSR count). The average molecular weight is 457 g/mol. The molecular weight excluding hydrogens is 420 g/mol. The summed E-state index contributed by atoms with van der Waals surface area (Å²) in [4.78, 5) is 48.2. The Balaban J connectivity index is 2.27. The van der Waals surface area contributed by atoms with Crippen molar-refractivity contribution in [3.63, 3.8) is 0 Å². The van der Waals surface area contributed by atoms with E-state index in [1.165, 1.54) is 21.0 Å². The molecule has 0 amide bonds. The smallest absolute Gasteiger partial charge is 0.312 e. The first-order chi connectivity index (χ1) is 15.3. The van der Waals surface area contributed by atoms with Crippen molar-refractivity contribution in [2.45, 2.75) is 90.3 Å². The van der Waals surface area contributed by atoms with Crippen LogP contribution in [0.5, 0.6) is 0 Å². The van der Waals surface area contributed by atoms with Crippen LogP contribution in [-0.4, -0.2) is 62.5 Å². The van der Waals surface area contributed by atoms with Crippen molar-refractivity contribution in [3.8, 4) is 0 Å². The van der Waals surface area contributed by atoms with Crippen molar-refractivity contribution in [2.75, 3.05) is 13.7 Å². The lowest BCUT2D eigenvalue weighted by atomic mass is 9.82. The topological polar surface area (TPSA) is 114 Å². The largest absolute Gasteiger partial charge is 0.469 e. The van der Waals surface area contributed by atoms with Gasteiger partial charge in [-0.2, -0.15) is 0 Å². The molecule has 9 nitrogen and oxygen atoms in total. The fraction of sp³-hybridized carbons (Fsp3) is 0.826. The number of methoxy groups -OCH3 is 1. The van der Waals surface area contributed by atoms with Gasteiger partial charge in [-0.15, -0.1) is 0 Å².